The molecule has 0 aliphatic carbocycles. The number of carboxylic acids is 1. The van der Waals surface area contributed by atoms with Crippen LogP contribution in [0.25, 0.3) is 0 Å². The molecule has 0 radical (unpaired) electrons. The van der Waals surface area contributed by atoms with Crippen molar-refractivity contribution in [2.24, 2.45) is 0 Å². The SMILES string of the molecule is Cc1cc(Cl)c(OCC(=O)O)cn1. The van der Waals surface area contributed by atoms with Gasteiger partial charge in [0.15, 0.2) is 12.4 Å². The molecule has 1 aromatic heterocycles. The Kier molecular flexibility index (Phi) is 3.08. The second-order valence-electron chi connectivity index (χ2n) is 2.44. The lowest BCUT2D eigenvalue weighted by molar-refractivity contribution is -0.139. The minimum absolute atomic E-state index is 0.287. The van der Waals surface area contributed by atoms with Crippen LogP contribution in [0.1, 0.15) is 5.69 Å². The number of aryl methyl sites for hydroxylation is 1. The van der Waals surface area contributed by atoms with Crippen molar-refractivity contribution in [3.8, 4) is 5.75 Å². The molecule has 1 aromatic rings. The Labute approximate surface area is 80.1 Å². The fourth-order valence-corrected chi connectivity index (χ4v) is 1.02. The molecule has 0 amide bonds. The number of aromatic nitrogens is 1. The van der Waals surface area contributed by atoms with Gasteiger partial charge < -0.3 is 9.84 Å². The summed E-state index contributed by atoms with van der Waals surface area (Å²) in [5.41, 5.74) is 0.757. The fraction of sp³-hybridized carbons (Fsp3) is 0.250. The first-order valence-corrected chi connectivity index (χ1v) is 3.94. The van der Waals surface area contributed by atoms with E-state index in [1.165, 1.54) is 6.20 Å². The van der Waals surface area contributed by atoms with Gasteiger partial charge in [-0.1, -0.05) is 11.6 Å². The summed E-state index contributed by atoms with van der Waals surface area (Å²) in [6.45, 7) is 1.37. The quantitative estimate of drug-likeness (QED) is 0.805. The molecular weight excluding hydrogens is 194 g/mol. The molecule has 1 heterocycles. The first-order chi connectivity index (χ1) is 6.09. The Morgan fingerprint density at radius 2 is 2.46 bits per heavy atom. The maximum absolute atomic E-state index is 10.2. The predicted molar refractivity (Wildman–Crippen MR) is 47.1 cm³/mol. The summed E-state index contributed by atoms with van der Waals surface area (Å²) in [5, 5.41) is 8.70. The highest BCUT2D eigenvalue weighted by Crippen LogP contribution is 2.23. The number of pyridine rings is 1. The average Bonchev–Trinajstić information content (AvgIpc) is 2.02. The van der Waals surface area contributed by atoms with E-state index in [-0.39, 0.29) is 5.75 Å². The largest absolute Gasteiger partial charge is 0.479 e. The second kappa shape index (κ2) is 4.09. The summed E-state index contributed by atoms with van der Waals surface area (Å²) in [6, 6.07) is 1.61. The standard InChI is InChI=1S/C8H8ClNO3/c1-5-2-6(9)7(3-10-5)13-4-8(11)12/h2-3H,4H2,1H3,(H,11,12). The maximum atomic E-state index is 10.2. The topological polar surface area (TPSA) is 59.4 Å². The van der Waals surface area contributed by atoms with Crippen molar-refractivity contribution < 1.29 is 14.6 Å². The predicted octanol–water partition coefficient (Wildman–Crippen LogP) is 1.51. The lowest BCUT2D eigenvalue weighted by Gasteiger charge is -2.04. The van der Waals surface area contributed by atoms with Crippen LogP contribution >= 0.6 is 11.6 Å². The number of halogens is 1. The summed E-state index contributed by atoms with van der Waals surface area (Å²) < 4.78 is 4.86. The maximum Gasteiger partial charge on any atom is 0.341 e. The molecule has 4 nitrogen and oxygen atoms in total. The molecule has 13 heavy (non-hydrogen) atoms. The number of ether oxygens (including phenoxy) is 1. The summed E-state index contributed by atoms with van der Waals surface area (Å²) in [4.78, 5) is 14.1. The van der Waals surface area contributed by atoms with Gasteiger partial charge >= 0.3 is 5.97 Å². The zero-order valence-electron chi connectivity index (χ0n) is 6.95. The zero-order chi connectivity index (χ0) is 9.84. The molecule has 0 unspecified atom stereocenters. The van der Waals surface area contributed by atoms with Crippen LogP contribution in [-0.2, 0) is 4.79 Å². The van der Waals surface area contributed by atoms with Crippen molar-refractivity contribution in [3.63, 3.8) is 0 Å². The molecule has 0 bridgehead atoms. The Balaban J connectivity index is 2.72. The van der Waals surface area contributed by atoms with Crippen LogP contribution in [-0.4, -0.2) is 22.7 Å². The van der Waals surface area contributed by atoms with Crippen LogP contribution in [0.4, 0.5) is 0 Å². The van der Waals surface area contributed by atoms with Crippen LogP contribution in [0.3, 0.4) is 0 Å². The van der Waals surface area contributed by atoms with Crippen LogP contribution in [0.15, 0.2) is 12.3 Å². The normalized spacial score (nSPS) is 9.69. The minimum atomic E-state index is -1.04. The summed E-state index contributed by atoms with van der Waals surface area (Å²) in [5.74, 6) is -0.758. The van der Waals surface area contributed by atoms with Gasteiger partial charge in [-0.2, -0.15) is 0 Å². The van der Waals surface area contributed by atoms with E-state index in [9.17, 15) is 4.79 Å². The van der Waals surface area contributed by atoms with E-state index in [1.807, 2.05) is 0 Å². The molecule has 0 saturated heterocycles. The molecule has 1 N–H and O–H groups in total. The smallest absolute Gasteiger partial charge is 0.341 e. The van der Waals surface area contributed by atoms with Gasteiger partial charge in [-0.15, -0.1) is 0 Å². The number of nitrogens with zero attached hydrogens (tertiary/aromatic N) is 1. The van der Waals surface area contributed by atoms with Crippen LogP contribution < -0.4 is 4.74 Å². The van der Waals surface area contributed by atoms with Gasteiger partial charge in [0.2, 0.25) is 0 Å². The summed E-state index contributed by atoms with van der Waals surface area (Å²) >= 11 is 5.76. The molecule has 0 aliphatic rings. The van der Waals surface area contributed by atoms with Crippen LogP contribution in [0.5, 0.6) is 5.75 Å². The molecule has 0 atom stereocenters. The molecule has 0 spiro atoms. The van der Waals surface area contributed by atoms with Crippen molar-refractivity contribution >= 4 is 17.6 Å². The van der Waals surface area contributed by atoms with Gasteiger partial charge in [-0.05, 0) is 13.0 Å². The Morgan fingerprint density at radius 1 is 1.77 bits per heavy atom. The van der Waals surface area contributed by atoms with E-state index >= 15 is 0 Å². The van der Waals surface area contributed by atoms with E-state index in [0.717, 1.165) is 5.69 Å². The molecule has 1 rings (SSSR count). The van der Waals surface area contributed by atoms with E-state index < -0.39 is 12.6 Å². The number of hydrogen-bond acceptors (Lipinski definition) is 3. The lowest BCUT2D eigenvalue weighted by Crippen LogP contribution is -2.09. The molecule has 70 valence electrons. The number of hydrogen-bond donors (Lipinski definition) is 1. The molecule has 5 heteroatoms. The van der Waals surface area contributed by atoms with E-state index in [0.29, 0.717) is 5.02 Å². The van der Waals surface area contributed by atoms with Crippen molar-refractivity contribution in [1.29, 1.82) is 0 Å². The molecule has 0 aliphatic heterocycles. The second-order valence-corrected chi connectivity index (χ2v) is 2.85. The van der Waals surface area contributed by atoms with Crippen LogP contribution in [0, 0.1) is 6.92 Å². The van der Waals surface area contributed by atoms with Crippen molar-refractivity contribution in [2.45, 2.75) is 6.92 Å². The highest BCUT2D eigenvalue weighted by atomic mass is 35.5. The lowest BCUT2D eigenvalue weighted by atomic mass is 10.4. The van der Waals surface area contributed by atoms with Gasteiger partial charge in [-0.3, -0.25) is 4.98 Å². The molecule has 0 aromatic carbocycles. The third-order valence-electron chi connectivity index (χ3n) is 1.31. The average molecular weight is 202 g/mol. The third kappa shape index (κ3) is 2.91. The summed E-state index contributed by atoms with van der Waals surface area (Å²) in [7, 11) is 0. The van der Waals surface area contributed by atoms with Crippen LogP contribution in [0.2, 0.25) is 5.02 Å². The monoisotopic (exact) mass is 201 g/mol. The molecule has 0 fully saturated rings. The zero-order valence-corrected chi connectivity index (χ0v) is 7.71. The number of rotatable bonds is 3. The van der Waals surface area contributed by atoms with Crippen molar-refractivity contribution in [2.75, 3.05) is 6.61 Å². The molecular formula is C8H8ClNO3. The van der Waals surface area contributed by atoms with Gasteiger partial charge in [0.05, 0.1) is 11.2 Å². The van der Waals surface area contributed by atoms with Crippen molar-refractivity contribution in [1.82, 2.24) is 4.98 Å². The first kappa shape index (κ1) is 9.80. The summed E-state index contributed by atoms with van der Waals surface area (Å²) in [6.07, 6.45) is 1.40. The van der Waals surface area contributed by atoms with Crippen molar-refractivity contribution in [3.05, 3.63) is 23.0 Å². The van der Waals surface area contributed by atoms with E-state index in [1.54, 1.807) is 13.0 Å². The molecule has 0 saturated carbocycles. The van der Waals surface area contributed by atoms with Gasteiger partial charge in [0.1, 0.15) is 0 Å². The fourth-order valence-electron chi connectivity index (χ4n) is 0.760. The van der Waals surface area contributed by atoms with E-state index in [2.05, 4.69) is 4.98 Å². The Hall–Kier alpha value is -1.29. The minimum Gasteiger partial charge on any atom is -0.479 e. The van der Waals surface area contributed by atoms with Gasteiger partial charge in [-0.25, -0.2) is 4.79 Å². The van der Waals surface area contributed by atoms with Gasteiger partial charge in [0.25, 0.3) is 0 Å². The number of aliphatic carboxylic acids is 1. The third-order valence-corrected chi connectivity index (χ3v) is 1.60. The highest BCUT2D eigenvalue weighted by molar-refractivity contribution is 6.32. The Bertz CT molecular complexity index is 327. The number of carbonyl (C=O) groups is 1. The van der Waals surface area contributed by atoms with E-state index in [4.69, 9.17) is 21.4 Å². The Morgan fingerprint density at radius 3 is 3.00 bits per heavy atom. The number of carboxylic acid groups (broad SMARTS) is 1. The first-order valence-electron chi connectivity index (χ1n) is 3.56. The van der Waals surface area contributed by atoms with Gasteiger partial charge in [0, 0.05) is 5.69 Å². The highest BCUT2D eigenvalue weighted by Gasteiger charge is 2.04.